The number of carbonyl (C=O) groups is 5. The molecule has 3 rings (SSSR count). The normalized spacial score (nSPS) is 28.0. The number of nitrogens with zero attached hydrogens (tertiary/aromatic N) is 2. The van der Waals surface area contributed by atoms with Crippen LogP contribution in [0, 0.1) is 28.6 Å². The smallest absolute Gasteiger partial charge is 0.291 e. The molecule has 13 heteroatoms. The lowest BCUT2D eigenvalue weighted by Gasteiger charge is -2.39. The number of amides is 5. The minimum Gasteiger partial charge on any atom is -0.356 e. The molecular formula is C25H38ClF2N5O5. The summed E-state index contributed by atoms with van der Waals surface area (Å²) in [7, 11) is 0. The van der Waals surface area contributed by atoms with E-state index in [0.29, 0.717) is 24.4 Å². The highest BCUT2D eigenvalue weighted by Crippen LogP contribution is 2.65. The van der Waals surface area contributed by atoms with Gasteiger partial charge in [0.05, 0.1) is 12.5 Å². The Bertz CT molecular complexity index is 991. The van der Waals surface area contributed by atoms with Crippen molar-refractivity contribution >= 4 is 41.1 Å². The van der Waals surface area contributed by atoms with Crippen molar-refractivity contribution in [2.45, 2.75) is 78.3 Å². The van der Waals surface area contributed by atoms with E-state index < -0.39 is 58.8 Å². The Morgan fingerprint density at radius 2 is 1.89 bits per heavy atom. The summed E-state index contributed by atoms with van der Waals surface area (Å²) < 4.78 is 27.5. The van der Waals surface area contributed by atoms with Crippen LogP contribution in [-0.2, 0) is 24.0 Å². The summed E-state index contributed by atoms with van der Waals surface area (Å²) in [6, 6.07) is -2.13. The van der Waals surface area contributed by atoms with Crippen molar-refractivity contribution in [3.8, 4) is 0 Å². The van der Waals surface area contributed by atoms with Crippen molar-refractivity contribution in [2.24, 2.45) is 28.6 Å². The molecule has 3 N–H and O–H groups in total. The van der Waals surface area contributed by atoms with Crippen LogP contribution < -0.4 is 16.1 Å². The highest BCUT2D eigenvalue weighted by atomic mass is 35.5. The molecule has 2 saturated heterocycles. The van der Waals surface area contributed by atoms with E-state index in [4.69, 9.17) is 11.6 Å². The molecule has 2 heterocycles. The summed E-state index contributed by atoms with van der Waals surface area (Å²) in [6.45, 7) is 10.7. The number of fused-ring (bicyclic) bond motifs is 1. The van der Waals surface area contributed by atoms with E-state index in [1.54, 1.807) is 13.8 Å². The SMILES string of the molecule is CCC(C)(C)[C@H](NC(=O)[C@@H](C)F)C(=O)N1C[C@H]2[C@@H]([C@H]1C(=O)NN(C[C@@H]1CCNC1=O)C(=O)[C@@H](F)Cl)C2(C)C. The number of hydrazine groups is 1. The van der Waals surface area contributed by atoms with E-state index in [1.807, 2.05) is 20.8 Å². The van der Waals surface area contributed by atoms with Crippen LogP contribution in [0.4, 0.5) is 8.78 Å². The first-order valence-electron chi connectivity index (χ1n) is 13.0. The third-order valence-electron chi connectivity index (χ3n) is 8.61. The van der Waals surface area contributed by atoms with Gasteiger partial charge in [0.2, 0.25) is 11.8 Å². The highest BCUT2D eigenvalue weighted by molar-refractivity contribution is 6.29. The van der Waals surface area contributed by atoms with Gasteiger partial charge in [0.1, 0.15) is 12.1 Å². The molecule has 3 fully saturated rings. The molecule has 1 aliphatic carbocycles. The third-order valence-corrected chi connectivity index (χ3v) is 8.80. The average Bonchev–Trinajstić information content (AvgIpc) is 3.20. The Balaban J connectivity index is 1.88. The lowest BCUT2D eigenvalue weighted by atomic mass is 9.80. The minimum atomic E-state index is -2.45. The van der Waals surface area contributed by atoms with Gasteiger partial charge in [0, 0.05) is 13.1 Å². The second-order valence-corrected chi connectivity index (χ2v) is 12.2. The lowest BCUT2D eigenvalue weighted by molar-refractivity contribution is -0.151. The Hall–Kier alpha value is -2.50. The number of hydrogen-bond acceptors (Lipinski definition) is 5. The molecule has 7 atom stereocenters. The van der Waals surface area contributed by atoms with E-state index in [1.165, 1.54) is 4.90 Å². The topological polar surface area (TPSA) is 128 Å². The zero-order valence-corrected chi connectivity index (χ0v) is 23.4. The number of rotatable bonds is 9. The second-order valence-electron chi connectivity index (χ2n) is 11.8. The van der Waals surface area contributed by atoms with Gasteiger partial charge in [-0.05, 0) is 42.4 Å². The molecule has 3 aliphatic rings. The van der Waals surface area contributed by atoms with E-state index in [2.05, 4.69) is 16.1 Å². The number of halogens is 3. The van der Waals surface area contributed by atoms with Crippen LogP contribution in [-0.4, -0.2) is 83.0 Å². The van der Waals surface area contributed by atoms with Gasteiger partial charge in [0.15, 0.2) is 6.17 Å². The van der Waals surface area contributed by atoms with Crippen molar-refractivity contribution in [3.63, 3.8) is 0 Å². The van der Waals surface area contributed by atoms with Crippen LogP contribution in [0.5, 0.6) is 0 Å². The molecule has 10 nitrogen and oxygen atoms in total. The Kier molecular flexibility index (Phi) is 8.65. The molecule has 0 unspecified atom stereocenters. The average molecular weight is 562 g/mol. The third kappa shape index (κ3) is 5.74. The summed E-state index contributed by atoms with van der Waals surface area (Å²) in [5, 5.41) is 5.84. The first-order chi connectivity index (χ1) is 17.5. The van der Waals surface area contributed by atoms with Gasteiger partial charge in [-0.1, -0.05) is 46.2 Å². The zero-order chi connectivity index (χ0) is 28.7. The second kappa shape index (κ2) is 10.9. The van der Waals surface area contributed by atoms with Crippen LogP contribution in [0.25, 0.3) is 0 Å². The van der Waals surface area contributed by atoms with Crippen LogP contribution in [0.3, 0.4) is 0 Å². The summed E-state index contributed by atoms with van der Waals surface area (Å²) in [5.41, 5.74) is -1.07. The number of likely N-dealkylation sites (tertiary alicyclic amines) is 1. The molecule has 0 aromatic heterocycles. The van der Waals surface area contributed by atoms with Gasteiger partial charge >= 0.3 is 0 Å². The molecule has 5 amide bonds. The monoisotopic (exact) mass is 561 g/mol. The number of hydrogen-bond donors (Lipinski definition) is 3. The molecule has 38 heavy (non-hydrogen) atoms. The summed E-state index contributed by atoms with van der Waals surface area (Å²) >= 11 is 5.39. The fourth-order valence-corrected chi connectivity index (χ4v) is 5.70. The molecule has 1 saturated carbocycles. The van der Waals surface area contributed by atoms with Gasteiger partial charge in [0.25, 0.3) is 23.4 Å². The molecule has 214 valence electrons. The molecule has 0 radical (unpaired) electrons. The van der Waals surface area contributed by atoms with Gasteiger partial charge in [-0.15, -0.1) is 0 Å². The fourth-order valence-electron chi connectivity index (χ4n) is 5.58. The molecule has 0 aromatic carbocycles. The predicted molar refractivity (Wildman–Crippen MR) is 135 cm³/mol. The Morgan fingerprint density at radius 3 is 2.39 bits per heavy atom. The highest BCUT2D eigenvalue weighted by Gasteiger charge is 2.70. The molecule has 0 bridgehead atoms. The van der Waals surface area contributed by atoms with Gasteiger partial charge < -0.3 is 15.5 Å². The van der Waals surface area contributed by atoms with E-state index in [9.17, 15) is 32.8 Å². The first-order valence-corrected chi connectivity index (χ1v) is 13.4. The maximum atomic E-state index is 13.8. The van der Waals surface area contributed by atoms with E-state index in [-0.39, 0.29) is 36.2 Å². The van der Waals surface area contributed by atoms with Gasteiger partial charge in [-0.3, -0.25) is 29.4 Å². The van der Waals surface area contributed by atoms with Crippen molar-refractivity contribution in [1.29, 1.82) is 0 Å². The molecular weight excluding hydrogens is 524 g/mol. The van der Waals surface area contributed by atoms with Crippen molar-refractivity contribution in [2.75, 3.05) is 19.6 Å². The minimum absolute atomic E-state index is 0.0184. The number of carbonyl (C=O) groups excluding carboxylic acids is 5. The lowest BCUT2D eigenvalue weighted by Crippen LogP contribution is -2.62. The van der Waals surface area contributed by atoms with Gasteiger partial charge in [-0.25, -0.2) is 13.8 Å². The Morgan fingerprint density at radius 1 is 1.26 bits per heavy atom. The fraction of sp³-hybridized carbons (Fsp3) is 0.800. The largest absolute Gasteiger partial charge is 0.356 e. The number of piperidine rings is 1. The van der Waals surface area contributed by atoms with Crippen molar-refractivity contribution in [3.05, 3.63) is 0 Å². The van der Waals surface area contributed by atoms with Crippen LogP contribution >= 0.6 is 11.6 Å². The number of alkyl halides is 3. The van der Waals surface area contributed by atoms with Gasteiger partial charge in [-0.2, -0.15) is 0 Å². The number of nitrogens with one attached hydrogen (secondary N) is 3. The predicted octanol–water partition coefficient (Wildman–Crippen LogP) is 1.28. The molecule has 0 spiro atoms. The summed E-state index contributed by atoms with van der Waals surface area (Å²) in [6.07, 6.45) is -0.962. The quantitative estimate of drug-likeness (QED) is 0.289. The first kappa shape index (κ1) is 30.0. The Labute approximate surface area is 226 Å². The van der Waals surface area contributed by atoms with Crippen LogP contribution in [0.2, 0.25) is 0 Å². The van der Waals surface area contributed by atoms with E-state index >= 15 is 0 Å². The van der Waals surface area contributed by atoms with Crippen LogP contribution in [0.15, 0.2) is 0 Å². The molecule has 2 aliphatic heterocycles. The zero-order valence-electron chi connectivity index (χ0n) is 22.6. The summed E-state index contributed by atoms with van der Waals surface area (Å²) in [5.74, 6) is -4.68. The van der Waals surface area contributed by atoms with E-state index in [0.717, 1.165) is 6.92 Å². The summed E-state index contributed by atoms with van der Waals surface area (Å²) in [4.78, 5) is 65.6. The van der Waals surface area contributed by atoms with Crippen molar-refractivity contribution in [1.82, 2.24) is 26.0 Å². The maximum absolute atomic E-state index is 13.8. The maximum Gasteiger partial charge on any atom is 0.291 e. The molecule has 0 aromatic rings. The van der Waals surface area contributed by atoms with Crippen LogP contribution in [0.1, 0.15) is 54.4 Å². The van der Waals surface area contributed by atoms with Crippen molar-refractivity contribution < 1.29 is 32.8 Å². The standard InChI is InChI=1S/C25H38ClF2N5O5/c1-7-24(3,4)17(30-19(34)12(2)27)22(37)32-11-14-15(25(14,5)6)16(32)21(36)31-33(23(38)18(26)28)10-13-8-9-29-20(13)35/h12-18H,7-11H2,1-6H3,(H,29,35)(H,30,34)(H,31,36)/t12-,13+,14+,15+,16+,17-,18-/m1/s1.